The molecule has 1 heterocycles. The molecule has 0 aliphatic rings. The number of fused-ring (bicyclic) bond motifs is 1. The topological polar surface area (TPSA) is 51.5 Å². The second-order valence-corrected chi connectivity index (χ2v) is 5.97. The average molecular weight is 361 g/mol. The van der Waals surface area contributed by atoms with Crippen LogP contribution < -0.4 is 10.1 Å². The van der Waals surface area contributed by atoms with Gasteiger partial charge in [-0.3, -0.25) is 4.79 Å². The van der Waals surface area contributed by atoms with Crippen molar-refractivity contribution in [2.24, 2.45) is 0 Å². The normalized spacial score (nSPS) is 10.7. The number of amides is 1. The minimum atomic E-state index is -0.517. The molecule has 0 spiro atoms. The molecule has 1 aromatic heterocycles. The summed E-state index contributed by atoms with van der Waals surface area (Å²) in [6.45, 7) is 0.182. The van der Waals surface area contributed by atoms with Gasteiger partial charge in [-0.1, -0.05) is 48.5 Å². The lowest BCUT2D eigenvalue weighted by Crippen LogP contribution is -2.12. The maximum Gasteiger partial charge on any atom is 0.291 e. The first kappa shape index (κ1) is 16.8. The molecular weight excluding hydrogens is 345 g/mol. The minimum Gasteiger partial charge on any atom is -0.485 e. The van der Waals surface area contributed by atoms with Crippen molar-refractivity contribution >= 4 is 22.4 Å². The molecule has 0 bridgehead atoms. The van der Waals surface area contributed by atoms with Crippen LogP contribution in [-0.4, -0.2) is 5.91 Å². The minimum absolute atomic E-state index is 0.0924. The number of hydrogen-bond donors (Lipinski definition) is 1. The van der Waals surface area contributed by atoms with Gasteiger partial charge in [-0.05, 0) is 35.7 Å². The van der Waals surface area contributed by atoms with Crippen molar-refractivity contribution in [3.8, 4) is 5.75 Å². The molecule has 0 fully saturated rings. The third-order valence-electron chi connectivity index (χ3n) is 4.13. The van der Waals surface area contributed by atoms with Gasteiger partial charge in [-0.25, -0.2) is 4.39 Å². The summed E-state index contributed by atoms with van der Waals surface area (Å²) in [5, 5.41) is 4.58. The molecule has 0 saturated heterocycles. The van der Waals surface area contributed by atoms with Gasteiger partial charge in [-0.2, -0.15) is 0 Å². The van der Waals surface area contributed by atoms with Crippen molar-refractivity contribution in [2.75, 3.05) is 5.32 Å². The lowest BCUT2D eigenvalue weighted by molar-refractivity contribution is 0.0992. The number of furan rings is 1. The van der Waals surface area contributed by atoms with Crippen LogP contribution in [0.3, 0.4) is 0 Å². The van der Waals surface area contributed by atoms with E-state index in [2.05, 4.69) is 5.32 Å². The Bertz CT molecular complexity index is 1100. The molecular formula is C22H16FNO3. The molecule has 0 radical (unpaired) electrons. The summed E-state index contributed by atoms with van der Waals surface area (Å²) in [6, 6.07) is 22.9. The highest BCUT2D eigenvalue weighted by molar-refractivity contribution is 6.02. The van der Waals surface area contributed by atoms with Crippen molar-refractivity contribution < 1.29 is 18.3 Å². The lowest BCUT2D eigenvalue weighted by Gasteiger charge is -2.08. The monoisotopic (exact) mass is 361 g/mol. The zero-order chi connectivity index (χ0) is 18.6. The van der Waals surface area contributed by atoms with Gasteiger partial charge in [0.1, 0.15) is 23.9 Å². The van der Waals surface area contributed by atoms with E-state index in [1.165, 1.54) is 18.2 Å². The molecule has 134 valence electrons. The van der Waals surface area contributed by atoms with Crippen molar-refractivity contribution in [2.45, 2.75) is 6.61 Å². The molecule has 4 aromatic rings. The largest absolute Gasteiger partial charge is 0.485 e. The van der Waals surface area contributed by atoms with Crippen LogP contribution in [0, 0.1) is 5.82 Å². The van der Waals surface area contributed by atoms with E-state index in [4.69, 9.17) is 9.15 Å². The van der Waals surface area contributed by atoms with E-state index in [-0.39, 0.29) is 18.1 Å². The Kier molecular flexibility index (Phi) is 4.58. The van der Waals surface area contributed by atoms with E-state index in [1.807, 2.05) is 42.5 Å². The molecule has 1 amide bonds. The molecule has 0 atom stereocenters. The molecule has 4 nitrogen and oxygen atoms in total. The maximum absolute atomic E-state index is 13.6. The van der Waals surface area contributed by atoms with Crippen LogP contribution in [-0.2, 0) is 6.61 Å². The SMILES string of the molecule is O=C(Nc1ccccc1F)c1ccc(COc2cccc3ccccc23)o1. The second-order valence-electron chi connectivity index (χ2n) is 5.97. The lowest BCUT2D eigenvalue weighted by atomic mass is 10.1. The number of carbonyl (C=O) groups is 1. The summed E-state index contributed by atoms with van der Waals surface area (Å²) in [6.07, 6.45) is 0. The van der Waals surface area contributed by atoms with E-state index in [1.54, 1.807) is 18.2 Å². The smallest absolute Gasteiger partial charge is 0.291 e. The number of rotatable bonds is 5. The van der Waals surface area contributed by atoms with Crippen LogP contribution in [0.1, 0.15) is 16.3 Å². The summed E-state index contributed by atoms with van der Waals surface area (Å²) < 4.78 is 25.0. The summed E-state index contributed by atoms with van der Waals surface area (Å²) in [5.74, 6) is 0.312. The maximum atomic E-state index is 13.6. The number of nitrogens with one attached hydrogen (secondary N) is 1. The number of benzene rings is 3. The zero-order valence-corrected chi connectivity index (χ0v) is 14.3. The fraction of sp³-hybridized carbons (Fsp3) is 0.0455. The number of hydrogen-bond acceptors (Lipinski definition) is 3. The van der Waals surface area contributed by atoms with Crippen molar-refractivity contribution in [3.05, 3.63) is 96.2 Å². The molecule has 0 saturated carbocycles. The average Bonchev–Trinajstić information content (AvgIpc) is 3.17. The van der Waals surface area contributed by atoms with Gasteiger partial charge in [0, 0.05) is 5.39 Å². The Morgan fingerprint density at radius 3 is 2.59 bits per heavy atom. The number of anilines is 1. The van der Waals surface area contributed by atoms with Crippen LogP contribution in [0.25, 0.3) is 10.8 Å². The van der Waals surface area contributed by atoms with Gasteiger partial charge in [0.05, 0.1) is 5.69 Å². The van der Waals surface area contributed by atoms with Gasteiger partial charge in [0.15, 0.2) is 5.76 Å². The molecule has 0 aliphatic carbocycles. The van der Waals surface area contributed by atoms with Crippen LogP contribution >= 0.6 is 0 Å². The van der Waals surface area contributed by atoms with Gasteiger partial charge in [0.25, 0.3) is 5.91 Å². The summed E-state index contributed by atoms with van der Waals surface area (Å²) >= 11 is 0. The third kappa shape index (κ3) is 3.67. The van der Waals surface area contributed by atoms with Crippen LogP contribution in [0.5, 0.6) is 5.75 Å². The van der Waals surface area contributed by atoms with Gasteiger partial charge in [0.2, 0.25) is 0 Å². The summed E-state index contributed by atoms with van der Waals surface area (Å²) in [7, 11) is 0. The third-order valence-corrected chi connectivity index (χ3v) is 4.13. The fourth-order valence-corrected chi connectivity index (χ4v) is 2.79. The highest BCUT2D eigenvalue weighted by Gasteiger charge is 2.14. The van der Waals surface area contributed by atoms with Gasteiger partial charge >= 0.3 is 0 Å². The van der Waals surface area contributed by atoms with E-state index >= 15 is 0 Å². The Hall–Kier alpha value is -3.60. The zero-order valence-electron chi connectivity index (χ0n) is 14.3. The number of halogens is 1. The Morgan fingerprint density at radius 1 is 0.926 bits per heavy atom. The number of ether oxygens (including phenoxy) is 1. The van der Waals surface area contributed by atoms with E-state index < -0.39 is 11.7 Å². The predicted molar refractivity (Wildman–Crippen MR) is 101 cm³/mol. The van der Waals surface area contributed by atoms with E-state index in [0.29, 0.717) is 5.76 Å². The van der Waals surface area contributed by atoms with Crippen LogP contribution in [0.2, 0.25) is 0 Å². The first-order valence-corrected chi connectivity index (χ1v) is 8.46. The molecule has 1 N–H and O–H groups in total. The van der Waals surface area contributed by atoms with Gasteiger partial charge in [-0.15, -0.1) is 0 Å². The van der Waals surface area contributed by atoms with Crippen molar-refractivity contribution in [1.82, 2.24) is 0 Å². The van der Waals surface area contributed by atoms with Crippen LogP contribution in [0.15, 0.2) is 83.3 Å². The van der Waals surface area contributed by atoms with Crippen molar-refractivity contribution in [1.29, 1.82) is 0 Å². The fourth-order valence-electron chi connectivity index (χ4n) is 2.79. The molecule has 0 unspecified atom stereocenters. The van der Waals surface area contributed by atoms with Gasteiger partial charge < -0.3 is 14.5 Å². The number of para-hydroxylation sites is 1. The Labute approximate surface area is 155 Å². The first-order chi connectivity index (χ1) is 13.2. The van der Waals surface area contributed by atoms with Crippen LogP contribution in [0.4, 0.5) is 10.1 Å². The molecule has 5 heteroatoms. The van der Waals surface area contributed by atoms with E-state index in [0.717, 1.165) is 16.5 Å². The molecule has 4 rings (SSSR count). The molecule has 27 heavy (non-hydrogen) atoms. The highest BCUT2D eigenvalue weighted by atomic mass is 19.1. The second kappa shape index (κ2) is 7.33. The number of carbonyl (C=O) groups excluding carboxylic acids is 1. The van der Waals surface area contributed by atoms with Crippen molar-refractivity contribution in [3.63, 3.8) is 0 Å². The predicted octanol–water partition coefficient (Wildman–Crippen LogP) is 5.40. The summed E-state index contributed by atoms with van der Waals surface area (Å²) in [4.78, 5) is 12.2. The quantitative estimate of drug-likeness (QED) is 0.517. The molecule has 3 aromatic carbocycles. The standard InChI is InChI=1S/C22H16FNO3/c23-18-9-3-4-10-19(18)24-22(25)21-13-12-16(27-21)14-26-20-11-5-7-15-6-1-2-8-17(15)20/h1-13H,14H2,(H,24,25). The Morgan fingerprint density at radius 2 is 1.70 bits per heavy atom. The van der Waals surface area contributed by atoms with E-state index in [9.17, 15) is 9.18 Å². The summed E-state index contributed by atoms with van der Waals surface area (Å²) in [5.41, 5.74) is 0.104. The molecule has 0 aliphatic heterocycles. The Balaban J connectivity index is 1.45. The highest BCUT2D eigenvalue weighted by Crippen LogP contribution is 2.26. The first-order valence-electron chi connectivity index (χ1n) is 8.46.